The largest absolute Gasteiger partial charge is 0.497 e. The van der Waals surface area contributed by atoms with Crippen LogP contribution in [0.2, 0.25) is 0 Å². The number of rotatable bonds is 5. The Labute approximate surface area is 161 Å². The van der Waals surface area contributed by atoms with Crippen LogP contribution in [0.5, 0.6) is 5.75 Å². The van der Waals surface area contributed by atoms with Gasteiger partial charge in [-0.2, -0.15) is 10.1 Å². The monoisotopic (exact) mass is 378 g/mol. The highest BCUT2D eigenvalue weighted by Crippen LogP contribution is 2.34. The summed E-state index contributed by atoms with van der Waals surface area (Å²) in [5, 5.41) is 5.21. The molecule has 0 saturated heterocycles. The zero-order chi connectivity index (χ0) is 18.6. The van der Waals surface area contributed by atoms with Gasteiger partial charge in [-0.15, -0.1) is 11.8 Å². The second-order valence-corrected chi connectivity index (χ2v) is 7.13. The molecule has 0 spiro atoms. The van der Waals surface area contributed by atoms with Crippen LogP contribution in [0.3, 0.4) is 0 Å². The molecular weight excluding hydrogens is 360 g/mol. The molecule has 136 valence electrons. The first-order chi connectivity index (χ1) is 13.2. The van der Waals surface area contributed by atoms with Gasteiger partial charge in [0.05, 0.1) is 23.9 Å². The molecule has 2 aromatic carbocycles. The van der Waals surface area contributed by atoms with Crippen molar-refractivity contribution in [1.29, 1.82) is 0 Å². The summed E-state index contributed by atoms with van der Waals surface area (Å²) < 4.78 is 7.06. The van der Waals surface area contributed by atoms with Gasteiger partial charge in [-0.25, -0.2) is 9.67 Å². The fourth-order valence-electron chi connectivity index (χ4n) is 2.99. The molecule has 27 heavy (non-hydrogen) atoms. The van der Waals surface area contributed by atoms with E-state index in [0.29, 0.717) is 18.1 Å². The van der Waals surface area contributed by atoms with Crippen molar-refractivity contribution in [1.82, 2.24) is 14.8 Å². The van der Waals surface area contributed by atoms with E-state index in [1.54, 1.807) is 7.11 Å². The van der Waals surface area contributed by atoms with Crippen molar-refractivity contribution < 1.29 is 9.53 Å². The average molecular weight is 378 g/mol. The van der Waals surface area contributed by atoms with Gasteiger partial charge in [0.1, 0.15) is 12.1 Å². The van der Waals surface area contributed by atoms with Gasteiger partial charge in [-0.3, -0.25) is 4.79 Å². The van der Waals surface area contributed by atoms with E-state index in [9.17, 15) is 4.79 Å². The van der Waals surface area contributed by atoms with Crippen molar-refractivity contribution in [3.05, 3.63) is 72.1 Å². The summed E-state index contributed by atoms with van der Waals surface area (Å²) in [6.07, 6.45) is 2.19. The number of aromatic nitrogens is 3. The molecule has 3 aromatic rings. The number of ketones is 1. The molecule has 0 radical (unpaired) electrons. The van der Waals surface area contributed by atoms with Crippen LogP contribution in [-0.2, 0) is 0 Å². The molecule has 0 aliphatic carbocycles. The highest BCUT2D eigenvalue weighted by Gasteiger charge is 2.26. The van der Waals surface area contributed by atoms with E-state index in [-0.39, 0.29) is 11.8 Å². The van der Waals surface area contributed by atoms with E-state index in [1.165, 1.54) is 18.1 Å². The fourth-order valence-corrected chi connectivity index (χ4v) is 3.87. The number of aliphatic imine (C=N–C) groups is 1. The summed E-state index contributed by atoms with van der Waals surface area (Å²) in [5.41, 5.74) is 1.82. The fraction of sp³-hybridized carbons (Fsp3) is 0.200. The van der Waals surface area contributed by atoms with Gasteiger partial charge >= 0.3 is 0 Å². The van der Waals surface area contributed by atoms with Crippen molar-refractivity contribution in [3.8, 4) is 5.75 Å². The third-order valence-electron chi connectivity index (χ3n) is 4.41. The second kappa shape index (κ2) is 7.75. The van der Waals surface area contributed by atoms with Gasteiger partial charge in [0.2, 0.25) is 5.95 Å². The number of benzene rings is 2. The van der Waals surface area contributed by atoms with E-state index < -0.39 is 0 Å². The Kier molecular flexibility index (Phi) is 5.02. The number of Topliss-reactive ketones (excluding diaryl/α,β-unsaturated/α-hetero) is 1. The first-order valence-corrected chi connectivity index (χ1v) is 9.55. The Bertz CT molecular complexity index is 967. The summed E-state index contributed by atoms with van der Waals surface area (Å²) in [4.78, 5) is 21.2. The number of fused-ring (bicyclic) bond motifs is 1. The summed E-state index contributed by atoms with van der Waals surface area (Å²) in [6, 6.07) is 17.2. The van der Waals surface area contributed by atoms with Gasteiger partial charge in [0.25, 0.3) is 0 Å². The lowest BCUT2D eigenvalue weighted by molar-refractivity contribution is 0.102. The zero-order valence-corrected chi connectivity index (χ0v) is 15.6. The topological polar surface area (TPSA) is 69.4 Å². The standard InChI is InChI=1S/C20H18N4O2S/c1-26-16-9-7-14(8-10-16)17-11-19(23-20-21-13-22-24(17)20)27-12-18(25)15-5-3-2-4-6-15/h2-10,13,17H,11-12H2,1H3. The molecule has 0 fully saturated rings. The number of carbonyl (C=O) groups excluding carboxylic acids is 1. The normalized spacial score (nSPS) is 15.7. The smallest absolute Gasteiger partial charge is 0.249 e. The summed E-state index contributed by atoms with van der Waals surface area (Å²) in [6.45, 7) is 0. The predicted octanol–water partition coefficient (Wildman–Crippen LogP) is 3.93. The van der Waals surface area contributed by atoms with Crippen LogP contribution in [-0.4, -0.2) is 38.5 Å². The molecule has 1 aliphatic rings. The number of ether oxygens (including phenoxy) is 1. The quantitative estimate of drug-likeness (QED) is 0.629. The van der Waals surface area contributed by atoms with Crippen LogP contribution in [0.25, 0.3) is 0 Å². The summed E-state index contributed by atoms with van der Waals surface area (Å²) >= 11 is 1.47. The van der Waals surface area contributed by atoms with Crippen LogP contribution >= 0.6 is 11.8 Å². The van der Waals surface area contributed by atoms with E-state index in [4.69, 9.17) is 4.74 Å². The third-order valence-corrected chi connectivity index (χ3v) is 5.41. The van der Waals surface area contributed by atoms with Crippen LogP contribution in [0.1, 0.15) is 28.4 Å². The summed E-state index contributed by atoms with van der Waals surface area (Å²) in [5.74, 6) is 1.82. The number of thioether (sulfide) groups is 1. The Morgan fingerprint density at radius 3 is 2.70 bits per heavy atom. The van der Waals surface area contributed by atoms with Gasteiger partial charge in [-0.1, -0.05) is 42.5 Å². The van der Waals surface area contributed by atoms with Crippen molar-refractivity contribution in [2.24, 2.45) is 4.99 Å². The highest BCUT2D eigenvalue weighted by atomic mass is 32.2. The van der Waals surface area contributed by atoms with Crippen LogP contribution in [0.4, 0.5) is 5.95 Å². The SMILES string of the molecule is COc1ccc(C2CC(SCC(=O)c3ccccc3)=Nc3ncnn32)cc1. The first kappa shape index (κ1) is 17.5. The zero-order valence-electron chi connectivity index (χ0n) is 14.8. The average Bonchev–Trinajstić information content (AvgIpc) is 3.21. The molecule has 6 nitrogen and oxygen atoms in total. The van der Waals surface area contributed by atoms with E-state index in [0.717, 1.165) is 21.9 Å². The van der Waals surface area contributed by atoms with Gasteiger partial charge in [0, 0.05) is 12.0 Å². The third kappa shape index (κ3) is 3.78. The number of carbonyl (C=O) groups is 1. The number of nitrogens with zero attached hydrogens (tertiary/aromatic N) is 4. The first-order valence-electron chi connectivity index (χ1n) is 8.56. The maximum absolute atomic E-state index is 12.4. The molecule has 2 heterocycles. The molecule has 0 bridgehead atoms. The van der Waals surface area contributed by atoms with Gasteiger partial charge in [-0.05, 0) is 17.7 Å². The Hall–Kier alpha value is -2.93. The number of hydrogen-bond donors (Lipinski definition) is 0. The number of hydrogen-bond acceptors (Lipinski definition) is 6. The Balaban J connectivity index is 1.52. The van der Waals surface area contributed by atoms with E-state index in [1.807, 2.05) is 59.3 Å². The molecule has 1 aromatic heterocycles. The Morgan fingerprint density at radius 1 is 1.19 bits per heavy atom. The molecule has 1 unspecified atom stereocenters. The molecule has 1 atom stereocenters. The van der Waals surface area contributed by atoms with Crippen molar-refractivity contribution in [2.45, 2.75) is 12.5 Å². The second-order valence-electron chi connectivity index (χ2n) is 6.08. The molecule has 7 heteroatoms. The lowest BCUT2D eigenvalue weighted by Gasteiger charge is -2.23. The minimum absolute atomic E-state index is 0.000216. The maximum Gasteiger partial charge on any atom is 0.249 e. The van der Waals surface area contributed by atoms with Crippen LogP contribution in [0.15, 0.2) is 65.9 Å². The van der Waals surface area contributed by atoms with Crippen molar-refractivity contribution >= 4 is 28.5 Å². The minimum Gasteiger partial charge on any atom is -0.497 e. The molecular formula is C20H18N4O2S. The Morgan fingerprint density at radius 2 is 1.96 bits per heavy atom. The number of methoxy groups -OCH3 is 1. The van der Waals surface area contributed by atoms with Crippen LogP contribution < -0.4 is 4.74 Å². The lowest BCUT2D eigenvalue weighted by Crippen LogP contribution is -2.20. The van der Waals surface area contributed by atoms with E-state index >= 15 is 0 Å². The van der Waals surface area contributed by atoms with Gasteiger partial charge in [0.15, 0.2) is 5.78 Å². The molecule has 1 aliphatic heterocycles. The van der Waals surface area contributed by atoms with Gasteiger partial charge < -0.3 is 4.74 Å². The predicted molar refractivity (Wildman–Crippen MR) is 106 cm³/mol. The molecule has 4 rings (SSSR count). The molecule has 0 saturated carbocycles. The van der Waals surface area contributed by atoms with Crippen molar-refractivity contribution in [3.63, 3.8) is 0 Å². The lowest BCUT2D eigenvalue weighted by atomic mass is 10.0. The molecule has 0 N–H and O–H groups in total. The summed E-state index contributed by atoms with van der Waals surface area (Å²) in [7, 11) is 1.65. The molecule has 0 amide bonds. The highest BCUT2D eigenvalue weighted by molar-refractivity contribution is 8.14. The van der Waals surface area contributed by atoms with E-state index in [2.05, 4.69) is 15.1 Å². The van der Waals surface area contributed by atoms with Crippen molar-refractivity contribution in [2.75, 3.05) is 12.9 Å². The maximum atomic E-state index is 12.4. The van der Waals surface area contributed by atoms with Crippen LogP contribution in [0, 0.1) is 0 Å². The minimum atomic E-state index is 0.000216.